The van der Waals surface area contributed by atoms with Crippen molar-refractivity contribution in [1.82, 2.24) is 4.72 Å². The Labute approximate surface area is 108 Å². The van der Waals surface area contributed by atoms with Gasteiger partial charge in [0, 0.05) is 5.54 Å². The smallest absolute Gasteiger partial charge is 0.305 e. The summed E-state index contributed by atoms with van der Waals surface area (Å²) in [5, 5.41) is 8.56. The molecule has 0 heterocycles. The average molecular weight is 275 g/mol. The zero-order chi connectivity index (χ0) is 13.2. The van der Waals surface area contributed by atoms with E-state index in [-0.39, 0.29) is 11.7 Å². The molecule has 0 spiro atoms. The van der Waals surface area contributed by atoms with Crippen LogP contribution in [0.2, 0.25) is 0 Å². The van der Waals surface area contributed by atoms with Crippen molar-refractivity contribution in [3.63, 3.8) is 0 Å². The molecule has 2 fully saturated rings. The van der Waals surface area contributed by atoms with Crippen LogP contribution >= 0.6 is 0 Å². The number of aliphatic carboxylic acids is 1. The van der Waals surface area contributed by atoms with Crippen LogP contribution < -0.4 is 4.72 Å². The first kappa shape index (κ1) is 13.8. The highest BCUT2D eigenvalue weighted by atomic mass is 32.2. The molecule has 0 aliphatic heterocycles. The van der Waals surface area contributed by atoms with Crippen LogP contribution in [0.3, 0.4) is 0 Å². The van der Waals surface area contributed by atoms with Crippen molar-refractivity contribution >= 4 is 16.0 Å². The molecule has 0 radical (unpaired) electrons. The Hall–Kier alpha value is -0.620. The summed E-state index contributed by atoms with van der Waals surface area (Å²) in [7, 11) is -3.36. The molecule has 0 amide bonds. The maximum atomic E-state index is 12.3. The van der Waals surface area contributed by atoms with Gasteiger partial charge in [-0.15, -0.1) is 0 Å². The summed E-state index contributed by atoms with van der Waals surface area (Å²) in [6.07, 6.45) is 6.52. The molecule has 18 heavy (non-hydrogen) atoms. The van der Waals surface area contributed by atoms with E-state index in [0.29, 0.717) is 25.7 Å². The summed E-state index contributed by atoms with van der Waals surface area (Å²) in [5.74, 6) is -0.930. The van der Waals surface area contributed by atoms with Crippen molar-refractivity contribution in [2.75, 3.05) is 0 Å². The van der Waals surface area contributed by atoms with Crippen molar-refractivity contribution in [2.24, 2.45) is 0 Å². The summed E-state index contributed by atoms with van der Waals surface area (Å²) in [6.45, 7) is 0. The Morgan fingerprint density at radius 1 is 1.17 bits per heavy atom. The van der Waals surface area contributed by atoms with Crippen molar-refractivity contribution in [2.45, 2.75) is 68.6 Å². The van der Waals surface area contributed by atoms with Crippen molar-refractivity contribution in [1.29, 1.82) is 0 Å². The van der Waals surface area contributed by atoms with E-state index in [1.54, 1.807) is 0 Å². The maximum absolute atomic E-state index is 12.3. The molecule has 2 aliphatic rings. The fourth-order valence-electron chi connectivity index (χ4n) is 2.97. The zero-order valence-corrected chi connectivity index (χ0v) is 11.3. The fourth-order valence-corrected chi connectivity index (χ4v) is 4.97. The second kappa shape index (κ2) is 5.17. The maximum Gasteiger partial charge on any atom is 0.305 e. The lowest BCUT2D eigenvalue weighted by Gasteiger charge is -2.42. The van der Waals surface area contributed by atoms with E-state index in [9.17, 15) is 13.2 Å². The highest BCUT2D eigenvalue weighted by Gasteiger charge is 2.44. The molecule has 2 aliphatic carbocycles. The molecule has 0 unspecified atom stereocenters. The molecule has 0 aromatic heterocycles. The van der Waals surface area contributed by atoms with Crippen molar-refractivity contribution < 1.29 is 18.3 Å². The molecule has 0 atom stereocenters. The van der Waals surface area contributed by atoms with Gasteiger partial charge in [0.15, 0.2) is 0 Å². The quantitative estimate of drug-likeness (QED) is 0.799. The molecule has 0 aromatic rings. The molecular weight excluding hydrogens is 254 g/mol. The Kier molecular flexibility index (Phi) is 3.96. The second-order valence-electron chi connectivity index (χ2n) is 5.61. The minimum Gasteiger partial charge on any atom is -0.481 e. The summed E-state index contributed by atoms with van der Waals surface area (Å²) < 4.78 is 27.2. The number of hydrogen-bond donors (Lipinski definition) is 2. The van der Waals surface area contributed by atoms with Gasteiger partial charge in [-0.2, -0.15) is 0 Å². The lowest BCUT2D eigenvalue weighted by molar-refractivity contribution is -0.139. The highest BCUT2D eigenvalue weighted by molar-refractivity contribution is 7.90. The Balaban J connectivity index is 2.03. The monoisotopic (exact) mass is 275 g/mol. The molecule has 6 heteroatoms. The standard InChI is InChI=1S/C12H21NO4S/c14-11(15)9-12(7-4-8-12)13-18(16,17)10-5-2-1-3-6-10/h10,13H,1-9H2,(H,14,15). The van der Waals surface area contributed by atoms with E-state index in [1.807, 2.05) is 0 Å². The van der Waals surface area contributed by atoms with Crippen LogP contribution in [0.4, 0.5) is 0 Å². The van der Waals surface area contributed by atoms with Gasteiger partial charge in [0.1, 0.15) is 0 Å². The lowest BCUT2D eigenvalue weighted by atomic mass is 9.75. The minimum atomic E-state index is -3.36. The second-order valence-corrected chi connectivity index (χ2v) is 7.57. The first-order valence-electron chi connectivity index (χ1n) is 6.68. The molecule has 5 nitrogen and oxygen atoms in total. The summed E-state index contributed by atoms with van der Waals surface area (Å²) in [6, 6.07) is 0. The van der Waals surface area contributed by atoms with Crippen molar-refractivity contribution in [3.8, 4) is 0 Å². The van der Waals surface area contributed by atoms with E-state index < -0.39 is 21.5 Å². The van der Waals surface area contributed by atoms with Gasteiger partial charge in [-0.1, -0.05) is 19.3 Å². The van der Waals surface area contributed by atoms with E-state index in [1.165, 1.54) is 0 Å². The molecule has 104 valence electrons. The van der Waals surface area contributed by atoms with Crippen LogP contribution in [0.1, 0.15) is 57.8 Å². The number of nitrogens with one attached hydrogen (secondary N) is 1. The van der Waals surface area contributed by atoms with E-state index in [2.05, 4.69) is 4.72 Å². The summed E-state index contributed by atoms with van der Waals surface area (Å²) >= 11 is 0. The predicted octanol–water partition coefficient (Wildman–Crippen LogP) is 1.64. The third-order valence-corrected chi connectivity index (χ3v) is 6.22. The SMILES string of the molecule is O=C(O)CC1(NS(=O)(=O)C2CCCCC2)CCC1. The van der Waals surface area contributed by atoms with Gasteiger partial charge in [0.05, 0.1) is 11.7 Å². The van der Waals surface area contributed by atoms with Gasteiger partial charge < -0.3 is 5.11 Å². The van der Waals surface area contributed by atoms with Crippen molar-refractivity contribution in [3.05, 3.63) is 0 Å². The van der Waals surface area contributed by atoms with E-state index >= 15 is 0 Å². The van der Waals surface area contributed by atoms with Gasteiger partial charge in [-0.05, 0) is 32.1 Å². The molecule has 2 N–H and O–H groups in total. The minimum absolute atomic E-state index is 0.0983. The normalized spacial score (nSPS) is 24.4. The number of rotatable bonds is 5. The average Bonchev–Trinajstić information content (AvgIpc) is 2.26. The number of carbonyl (C=O) groups is 1. The first-order valence-corrected chi connectivity index (χ1v) is 8.23. The molecule has 0 bridgehead atoms. The molecular formula is C12H21NO4S. The molecule has 0 saturated heterocycles. The van der Waals surface area contributed by atoms with Crippen LogP contribution in [0.25, 0.3) is 0 Å². The van der Waals surface area contributed by atoms with Crippen LogP contribution in [0, 0.1) is 0 Å². The topological polar surface area (TPSA) is 83.5 Å². The van der Waals surface area contributed by atoms with Crippen LogP contribution in [-0.2, 0) is 14.8 Å². The van der Waals surface area contributed by atoms with Gasteiger partial charge in [-0.3, -0.25) is 4.79 Å². The lowest BCUT2D eigenvalue weighted by Crippen LogP contribution is -2.56. The summed E-state index contributed by atoms with van der Waals surface area (Å²) in [4.78, 5) is 10.8. The third-order valence-electron chi connectivity index (χ3n) is 4.15. The van der Waals surface area contributed by atoms with Gasteiger partial charge >= 0.3 is 5.97 Å². The zero-order valence-electron chi connectivity index (χ0n) is 10.5. The number of carboxylic acids is 1. The molecule has 2 rings (SSSR count). The number of hydrogen-bond acceptors (Lipinski definition) is 3. The van der Waals surface area contributed by atoms with Gasteiger partial charge in [0.2, 0.25) is 10.0 Å². The van der Waals surface area contributed by atoms with Crippen LogP contribution in [-0.4, -0.2) is 30.3 Å². The molecule has 2 saturated carbocycles. The molecule has 0 aromatic carbocycles. The Bertz CT molecular complexity index is 408. The Morgan fingerprint density at radius 3 is 2.22 bits per heavy atom. The highest BCUT2D eigenvalue weighted by Crippen LogP contribution is 2.37. The van der Waals surface area contributed by atoms with E-state index in [0.717, 1.165) is 25.7 Å². The van der Waals surface area contributed by atoms with Gasteiger partial charge in [-0.25, -0.2) is 13.1 Å². The third kappa shape index (κ3) is 3.03. The number of sulfonamides is 1. The van der Waals surface area contributed by atoms with E-state index in [4.69, 9.17) is 5.11 Å². The first-order chi connectivity index (χ1) is 8.44. The van der Waals surface area contributed by atoms with Crippen LogP contribution in [0.5, 0.6) is 0 Å². The fraction of sp³-hybridized carbons (Fsp3) is 0.917. The number of carboxylic acid groups (broad SMARTS) is 1. The summed E-state index contributed by atoms with van der Waals surface area (Å²) in [5.41, 5.74) is -0.706. The predicted molar refractivity (Wildman–Crippen MR) is 67.8 cm³/mol. The largest absolute Gasteiger partial charge is 0.481 e. The van der Waals surface area contributed by atoms with Crippen LogP contribution in [0.15, 0.2) is 0 Å². The Morgan fingerprint density at radius 2 is 1.78 bits per heavy atom. The van der Waals surface area contributed by atoms with Gasteiger partial charge in [0.25, 0.3) is 0 Å².